The van der Waals surface area contributed by atoms with E-state index >= 15 is 0 Å². The molecule has 0 unspecified atom stereocenters. The molecule has 7 nitrogen and oxygen atoms in total. The summed E-state index contributed by atoms with van der Waals surface area (Å²) in [5.74, 6) is -0.425. The molecule has 0 spiro atoms. The number of nitrogens with zero attached hydrogens (tertiary/aromatic N) is 2. The van der Waals surface area contributed by atoms with Crippen molar-refractivity contribution in [1.29, 1.82) is 0 Å². The lowest BCUT2D eigenvalue weighted by molar-refractivity contribution is 0.0950. The van der Waals surface area contributed by atoms with Gasteiger partial charge in [0.25, 0.3) is 5.91 Å². The van der Waals surface area contributed by atoms with Gasteiger partial charge < -0.3 is 22.1 Å². The molecule has 1 heterocycles. The summed E-state index contributed by atoms with van der Waals surface area (Å²) < 4.78 is 13.7. The van der Waals surface area contributed by atoms with Crippen molar-refractivity contribution in [2.75, 3.05) is 23.3 Å². The van der Waals surface area contributed by atoms with Crippen LogP contribution in [0.4, 0.5) is 21.8 Å². The number of nitrogens with two attached hydrogens (primary N) is 2. The molecule has 0 aliphatic rings. The van der Waals surface area contributed by atoms with Gasteiger partial charge in [0.05, 0.1) is 11.1 Å². The Bertz CT molecular complexity index is 1260. The van der Waals surface area contributed by atoms with Gasteiger partial charge in [0.2, 0.25) is 5.95 Å². The lowest BCUT2D eigenvalue weighted by Gasteiger charge is -2.10. The molecule has 0 bridgehead atoms. The van der Waals surface area contributed by atoms with Crippen LogP contribution in [0.25, 0.3) is 10.9 Å². The molecule has 0 saturated carbocycles. The van der Waals surface area contributed by atoms with Crippen molar-refractivity contribution in [2.45, 2.75) is 13.0 Å². The second-order valence-electron chi connectivity index (χ2n) is 7.35. The fraction of sp³-hybridized carbons (Fsp3) is 0.125. The molecule has 4 rings (SSSR count). The van der Waals surface area contributed by atoms with Crippen LogP contribution in [0.15, 0.2) is 66.7 Å². The summed E-state index contributed by atoms with van der Waals surface area (Å²) in [6.45, 7) is 1.06. The molecular weight excluding hydrogens is 407 g/mol. The molecule has 0 radical (unpaired) electrons. The zero-order valence-corrected chi connectivity index (χ0v) is 17.3. The summed E-state index contributed by atoms with van der Waals surface area (Å²) in [6, 6.07) is 19.7. The highest BCUT2D eigenvalue weighted by atomic mass is 19.1. The van der Waals surface area contributed by atoms with Gasteiger partial charge in [-0.2, -0.15) is 4.98 Å². The zero-order chi connectivity index (χ0) is 22.5. The highest BCUT2D eigenvalue weighted by Gasteiger charge is 2.10. The number of anilines is 3. The number of benzene rings is 3. The van der Waals surface area contributed by atoms with Crippen molar-refractivity contribution in [2.24, 2.45) is 0 Å². The van der Waals surface area contributed by atoms with Crippen molar-refractivity contribution in [3.05, 3.63) is 89.2 Å². The first-order chi connectivity index (χ1) is 15.5. The molecule has 6 N–H and O–H groups in total. The number of rotatable bonds is 7. The van der Waals surface area contributed by atoms with Crippen molar-refractivity contribution < 1.29 is 9.18 Å². The Morgan fingerprint density at radius 3 is 2.47 bits per heavy atom. The highest BCUT2D eigenvalue weighted by Crippen LogP contribution is 2.23. The summed E-state index contributed by atoms with van der Waals surface area (Å²) in [5, 5.41) is 6.86. The van der Waals surface area contributed by atoms with Crippen molar-refractivity contribution in [1.82, 2.24) is 15.3 Å². The molecule has 0 aliphatic heterocycles. The summed E-state index contributed by atoms with van der Waals surface area (Å²) >= 11 is 0. The molecule has 3 aromatic carbocycles. The van der Waals surface area contributed by atoms with Crippen LogP contribution in [0, 0.1) is 5.82 Å². The molecule has 1 amide bonds. The summed E-state index contributed by atoms with van der Waals surface area (Å²) in [4.78, 5) is 20.2. The highest BCUT2D eigenvalue weighted by molar-refractivity contribution is 5.94. The lowest BCUT2D eigenvalue weighted by Crippen LogP contribution is -2.26. The van der Waals surface area contributed by atoms with Crippen molar-refractivity contribution >= 4 is 34.3 Å². The Kier molecular flexibility index (Phi) is 6.12. The first-order valence-corrected chi connectivity index (χ1v) is 10.2. The number of amides is 1. The fourth-order valence-electron chi connectivity index (χ4n) is 3.37. The van der Waals surface area contributed by atoms with Gasteiger partial charge in [-0.1, -0.05) is 36.4 Å². The van der Waals surface area contributed by atoms with Gasteiger partial charge >= 0.3 is 0 Å². The van der Waals surface area contributed by atoms with Crippen LogP contribution in [0.3, 0.4) is 0 Å². The summed E-state index contributed by atoms with van der Waals surface area (Å²) in [6.07, 6.45) is 0.654. The topological polar surface area (TPSA) is 119 Å². The molecule has 162 valence electrons. The standard InChI is InChI=1S/C24H23FN6O/c25-20-4-2-1-3-18(20)23(32)28-12-11-15-5-7-16(8-6-15)14-29-17-9-10-21-19(13-17)22(26)31-24(27)30-21/h1-10,13,29H,11-12,14H2,(H,28,32)(H4,26,27,30,31). The van der Waals surface area contributed by atoms with Crippen molar-refractivity contribution in [3.8, 4) is 0 Å². The average Bonchev–Trinajstić information content (AvgIpc) is 2.79. The zero-order valence-electron chi connectivity index (χ0n) is 17.3. The van der Waals surface area contributed by atoms with Crippen LogP contribution in [-0.4, -0.2) is 22.4 Å². The third-order valence-electron chi connectivity index (χ3n) is 5.08. The Morgan fingerprint density at radius 1 is 0.938 bits per heavy atom. The van der Waals surface area contributed by atoms with E-state index in [1.54, 1.807) is 12.1 Å². The van der Waals surface area contributed by atoms with E-state index in [2.05, 4.69) is 20.6 Å². The second-order valence-corrected chi connectivity index (χ2v) is 7.35. The van der Waals surface area contributed by atoms with Crippen LogP contribution >= 0.6 is 0 Å². The quantitative estimate of drug-likeness (QED) is 0.356. The largest absolute Gasteiger partial charge is 0.383 e. The number of hydrogen-bond acceptors (Lipinski definition) is 6. The minimum atomic E-state index is -0.521. The molecule has 32 heavy (non-hydrogen) atoms. The second kappa shape index (κ2) is 9.30. The molecular formula is C24H23FN6O. The van der Waals surface area contributed by atoms with Crippen molar-refractivity contribution in [3.63, 3.8) is 0 Å². The van der Waals surface area contributed by atoms with Gasteiger partial charge in [0.15, 0.2) is 0 Å². The Hall–Kier alpha value is -4.20. The Morgan fingerprint density at radius 2 is 1.69 bits per heavy atom. The minimum absolute atomic E-state index is 0.0550. The van der Waals surface area contributed by atoms with Gasteiger partial charge in [-0.15, -0.1) is 0 Å². The van der Waals surface area contributed by atoms with Crippen LogP contribution in [-0.2, 0) is 13.0 Å². The molecule has 8 heteroatoms. The van der Waals surface area contributed by atoms with Crippen LogP contribution in [0.1, 0.15) is 21.5 Å². The maximum Gasteiger partial charge on any atom is 0.254 e. The predicted molar refractivity (Wildman–Crippen MR) is 125 cm³/mol. The smallest absolute Gasteiger partial charge is 0.254 e. The number of fused-ring (bicyclic) bond motifs is 1. The van der Waals surface area contributed by atoms with Gasteiger partial charge in [-0.3, -0.25) is 4.79 Å². The van der Waals surface area contributed by atoms with Crippen LogP contribution in [0.5, 0.6) is 0 Å². The molecule has 0 fully saturated rings. The first kappa shape index (κ1) is 21.0. The summed E-state index contributed by atoms with van der Waals surface area (Å²) in [7, 11) is 0. The van der Waals surface area contributed by atoms with Gasteiger partial charge in [0.1, 0.15) is 11.6 Å². The number of carbonyl (C=O) groups is 1. The van der Waals surface area contributed by atoms with Gasteiger partial charge in [-0.25, -0.2) is 9.37 Å². The number of halogens is 1. The van der Waals surface area contributed by atoms with Gasteiger partial charge in [-0.05, 0) is 47.9 Å². The maximum atomic E-state index is 13.7. The SMILES string of the molecule is Nc1nc(N)c2cc(NCc3ccc(CCNC(=O)c4ccccc4F)cc3)ccc2n1. The van der Waals surface area contributed by atoms with E-state index in [0.29, 0.717) is 30.8 Å². The first-order valence-electron chi connectivity index (χ1n) is 10.2. The average molecular weight is 430 g/mol. The number of hydrogen-bond donors (Lipinski definition) is 4. The Balaban J connectivity index is 1.30. The van der Waals surface area contributed by atoms with Crippen LogP contribution < -0.4 is 22.1 Å². The molecule has 1 aromatic heterocycles. The number of aromatic nitrogens is 2. The van der Waals surface area contributed by atoms with E-state index in [4.69, 9.17) is 11.5 Å². The number of nitrogen functional groups attached to an aromatic ring is 2. The normalized spacial score (nSPS) is 10.8. The Labute approximate surface area is 184 Å². The molecule has 4 aromatic rings. The monoisotopic (exact) mass is 430 g/mol. The lowest BCUT2D eigenvalue weighted by atomic mass is 10.1. The van der Waals surface area contributed by atoms with E-state index in [0.717, 1.165) is 22.2 Å². The minimum Gasteiger partial charge on any atom is -0.383 e. The maximum absolute atomic E-state index is 13.7. The third kappa shape index (κ3) is 4.92. The predicted octanol–water partition coefficient (Wildman–Crippen LogP) is 3.52. The van der Waals surface area contributed by atoms with Crippen LogP contribution in [0.2, 0.25) is 0 Å². The van der Waals surface area contributed by atoms with E-state index in [9.17, 15) is 9.18 Å². The number of nitrogens with one attached hydrogen (secondary N) is 2. The fourth-order valence-corrected chi connectivity index (χ4v) is 3.37. The number of carbonyl (C=O) groups excluding carboxylic acids is 1. The third-order valence-corrected chi connectivity index (χ3v) is 5.08. The molecule has 0 atom stereocenters. The van der Waals surface area contributed by atoms with E-state index in [1.165, 1.54) is 12.1 Å². The molecule has 0 aliphatic carbocycles. The van der Waals surface area contributed by atoms with E-state index < -0.39 is 11.7 Å². The molecule has 0 saturated heterocycles. The van der Waals surface area contributed by atoms with E-state index in [1.807, 2.05) is 42.5 Å². The van der Waals surface area contributed by atoms with E-state index in [-0.39, 0.29) is 11.5 Å². The summed E-state index contributed by atoms with van der Waals surface area (Å²) in [5.41, 5.74) is 15.4. The van der Waals surface area contributed by atoms with Gasteiger partial charge in [0, 0.05) is 24.2 Å².